The van der Waals surface area contributed by atoms with E-state index in [9.17, 15) is 9.59 Å². The Balaban J connectivity index is 1.99. The van der Waals surface area contributed by atoms with Crippen LogP contribution in [-0.4, -0.2) is 18.1 Å². The Bertz CT molecular complexity index is 694. The van der Waals surface area contributed by atoms with Gasteiger partial charge in [0, 0.05) is 11.3 Å². The van der Waals surface area contributed by atoms with Crippen molar-refractivity contribution >= 4 is 23.6 Å². The second-order valence-corrected chi connectivity index (χ2v) is 5.73. The van der Waals surface area contributed by atoms with Crippen LogP contribution in [0.5, 0.6) is 0 Å². The normalized spacial score (nSPS) is 10.3. The second kappa shape index (κ2) is 7.17. The molecule has 0 aliphatic heterocycles. The minimum Gasteiger partial charge on any atom is -0.466 e. The van der Waals surface area contributed by atoms with Crippen molar-refractivity contribution in [3.05, 3.63) is 58.5 Å². The van der Waals surface area contributed by atoms with Gasteiger partial charge in [0.1, 0.15) is 11.5 Å². The Labute approximate surface area is 133 Å². The summed E-state index contributed by atoms with van der Waals surface area (Å²) in [5.74, 6) is 1.25. The molecule has 1 aromatic heterocycles. The van der Waals surface area contributed by atoms with E-state index < -0.39 is 5.91 Å². The SMILES string of the molecule is CSCc1cccc(C(=O)NNC(=O)c2cc(C)oc2C)c1. The number of aryl methyl sites for hydroxylation is 2. The number of thioether (sulfide) groups is 1. The van der Waals surface area contributed by atoms with Gasteiger partial charge < -0.3 is 4.42 Å². The Hall–Kier alpha value is -2.21. The largest absolute Gasteiger partial charge is 0.466 e. The monoisotopic (exact) mass is 318 g/mol. The summed E-state index contributed by atoms with van der Waals surface area (Å²) in [5, 5.41) is 0. The predicted octanol–water partition coefficient (Wildman–Crippen LogP) is 2.83. The Morgan fingerprint density at radius 2 is 1.86 bits per heavy atom. The molecule has 1 heterocycles. The summed E-state index contributed by atoms with van der Waals surface area (Å²) in [6.45, 7) is 3.47. The molecule has 5 nitrogen and oxygen atoms in total. The van der Waals surface area contributed by atoms with Crippen molar-refractivity contribution in [3.63, 3.8) is 0 Å². The summed E-state index contributed by atoms with van der Waals surface area (Å²) in [5.41, 5.74) is 6.80. The average molecular weight is 318 g/mol. The number of benzene rings is 1. The van der Waals surface area contributed by atoms with Crippen LogP contribution in [0.25, 0.3) is 0 Å². The molecule has 0 saturated heterocycles. The summed E-state index contributed by atoms with van der Waals surface area (Å²) in [4.78, 5) is 24.1. The van der Waals surface area contributed by atoms with E-state index in [1.165, 1.54) is 0 Å². The van der Waals surface area contributed by atoms with E-state index in [2.05, 4.69) is 10.9 Å². The van der Waals surface area contributed by atoms with Gasteiger partial charge in [-0.2, -0.15) is 11.8 Å². The molecule has 0 spiro atoms. The number of hydrazine groups is 1. The van der Waals surface area contributed by atoms with Gasteiger partial charge in [0.2, 0.25) is 0 Å². The average Bonchev–Trinajstić information content (AvgIpc) is 2.84. The fourth-order valence-corrected chi connectivity index (χ4v) is 2.59. The highest BCUT2D eigenvalue weighted by Crippen LogP contribution is 2.13. The molecule has 2 rings (SSSR count). The maximum Gasteiger partial charge on any atom is 0.273 e. The number of rotatable bonds is 4. The molecule has 0 bridgehead atoms. The molecule has 0 unspecified atom stereocenters. The molecule has 0 saturated carbocycles. The summed E-state index contributed by atoms with van der Waals surface area (Å²) in [6.07, 6.45) is 2.00. The van der Waals surface area contributed by atoms with E-state index in [-0.39, 0.29) is 5.91 Å². The fourth-order valence-electron chi connectivity index (χ4n) is 2.08. The maximum atomic E-state index is 12.1. The van der Waals surface area contributed by atoms with Crippen molar-refractivity contribution in [2.75, 3.05) is 6.26 Å². The predicted molar refractivity (Wildman–Crippen MR) is 86.8 cm³/mol. The quantitative estimate of drug-likeness (QED) is 0.850. The van der Waals surface area contributed by atoms with Crippen molar-refractivity contribution in [1.29, 1.82) is 0 Å². The van der Waals surface area contributed by atoms with E-state index in [1.54, 1.807) is 37.7 Å². The number of nitrogens with one attached hydrogen (secondary N) is 2. The summed E-state index contributed by atoms with van der Waals surface area (Å²) in [7, 11) is 0. The molecule has 0 aliphatic carbocycles. The highest BCUT2D eigenvalue weighted by Gasteiger charge is 2.14. The highest BCUT2D eigenvalue weighted by molar-refractivity contribution is 7.97. The highest BCUT2D eigenvalue weighted by atomic mass is 32.2. The molecule has 0 aliphatic rings. The van der Waals surface area contributed by atoms with Crippen LogP contribution in [-0.2, 0) is 5.75 Å². The summed E-state index contributed by atoms with van der Waals surface area (Å²) < 4.78 is 5.29. The second-order valence-electron chi connectivity index (χ2n) is 4.87. The number of amides is 2. The smallest absolute Gasteiger partial charge is 0.273 e. The fraction of sp³-hybridized carbons (Fsp3) is 0.250. The van der Waals surface area contributed by atoms with Gasteiger partial charge in [-0.15, -0.1) is 0 Å². The van der Waals surface area contributed by atoms with Gasteiger partial charge >= 0.3 is 0 Å². The third-order valence-corrected chi connectivity index (χ3v) is 3.70. The van der Waals surface area contributed by atoms with Crippen LogP contribution >= 0.6 is 11.8 Å². The van der Waals surface area contributed by atoms with Crippen LogP contribution < -0.4 is 10.9 Å². The zero-order valence-corrected chi connectivity index (χ0v) is 13.5. The summed E-state index contributed by atoms with van der Waals surface area (Å²) in [6, 6.07) is 8.94. The first-order valence-electron chi connectivity index (χ1n) is 6.77. The van der Waals surface area contributed by atoms with Crippen LogP contribution in [0.3, 0.4) is 0 Å². The third kappa shape index (κ3) is 3.92. The summed E-state index contributed by atoms with van der Waals surface area (Å²) >= 11 is 1.68. The molecule has 116 valence electrons. The van der Waals surface area contributed by atoms with Crippen LogP contribution in [0.2, 0.25) is 0 Å². The Kier molecular flexibility index (Phi) is 5.27. The van der Waals surface area contributed by atoms with Crippen LogP contribution in [0.15, 0.2) is 34.7 Å². The first kappa shape index (κ1) is 16.2. The molecule has 0 fully saturated rings. The van der Waals surface area contributed by atoms with Crippen LogP contribution in [0.1, 0.15) is 37.8 Å². The lowest BCUT2D eigenvalue weighted by atomic mass is 10.1. The first-order chi connectivity index (χ1) is 10.5. The van der Waals surface area contributed by atoms with Gasteiger partial charge in [-0.1, -0.05) is 12.1 Å². The minimum absolute atomic E-state index is 0.353. The molecule has 0 radical (unpaired) electrons. The minimum atomic E-state index is -0.400. The van der Waals surface area contributed by atoms with E-state index in [1.807, 2.05) is 24.5 Å². The van der Waals surface area contributed by atoms with Crippen molar-refractivity contribution < 1.29 is 14.0 Å². The number of hydrogen-bond acceptors (Lipinski definition) is 4. The van der Waals surface area contributed by atoms with Crippen LogP contribution in [0, 0.1) is 13.8 Å². The zero-order valence-electron chi connectivity index (χ0n) is 12.7. The van der Waals surface area contributed by atoms with Gasteiger partial charge in [-0.3, -0.25) is 20.4 Å². The number of hydrogen-bond donors (Lipinski definition) is 2. The molecular formula is C16H18N2O3S. The number of carbonyl (C=O) groups is 2. The Morgan fingerprint density at radius 1 is 1.14 bits per heavy atom. The first-order valence-corrected chi connectivity index (χ1v) is 8.16. The lowest BCUT2D eigenvalue weighted by molar-refractivity contribution is 0.0845. The Morgan fingerprint density at radius 3 is 2.50 bits per heavy atom. The van der Waals surface area contributed by atoms with E-state index in [0.29, 0.717) is 22.6 Å². The number of carbonyl (C=O) groups excluding carboxylic acids is 2. The number of furan rings is 1. The van der Waals surface area contributed by atoms with Gasteiger partial charge in [0.15, 0.2) is 0 Å². The van der Waals surface area contributed by atoms with Gasteiger partial charge in [-0.05, 0) is 43.9 Å². The molecular weight excluding hydrogens is 300 g/mol. The van der Waals surface area contributed by atoms with Crippen molar-refractivity contribution in [1.82, 2.24) is 10.9 Å². The van der Waals surface area contributed by atoms with Crippen LogP contribution in [0.4, 0.5) is 0 Å². The molecule has 2 aromatic rings. The lowest BCUT2D eigenvalue weighted by Crippen LogP contribution is -2.41. The maximum absolute atomic E-state index is 12.1. The third-order valence-electron chi connectivity index (χ3n) is 3.08. The van der Waals surface area contributed by atoms with Gasteiger partial charge in [0.05, 0.1) is 5.56 Å². The topological polar surface area (TPSA) is 71.3 Å². The molecule has 2 N–H and O–H groups in total. The molecule has 2 amide bonds. The van der Waals surface area contributed by atoms with E-state index in [4.69, 9.17) is 4.42 Å². The molecule has 22 heavy (non-hydrogen) atoms. The van der Waals surface area contributed by atoms with E-state index >= 15 is 0 Å². The van der Waals surface area contributed by atoms with Gasteiger partial charge in [-0.25, -0.2) is 0 Å². The zero-order chi connectivity index (χ0) is 16.1. The van der Waals surface area contributed by atoms with Crippen molar-refractivity contribution in [2.45, 2.75) is 19.6 Å². The molecule has 6 heteroatoms. The standard InChI is InChI=1S/C16H18N2O3S/c1-10-7-14(11(2)21-10)16(20)18-17-15(19)13-6-4-5-12(8-13)9-22-3/h4-8H,9H2,1-3H3,(H,17,19)(H,18,20). The molecule has 1 aromatic carbocycles. The molecule has 0 atom stereocenters. The van der Waals surface area contributed by atoms with Crippen molar-refractivity contribution in [3.8, 4) is 0 Å². The van der Waals surface area contributed by atoms with E-state index in [0.717, 1.165) is 11.3 Å². The lowest BCUT2D eigenvalue weighted by Gasteiger charge is -2.08. The van der Waals surface area contributed by atoms with Gasteiger partial charge in [0.25, 0.3) is 11.8 Å². The van der Waals surface area contributed by atoms with Crippen molar-refractivity contribution in [2.24, 2.45) is 0 Å².